The molecule has 1 aromatic rings. The summed E-state index contributed by atoms with van der Waals surface area (Å²) in [5.41, 5.74) is 0.460. The Morgan fingerprint density at radius 3 is 1.84 bits per heavy atom. The summed E-state index contributed by atoms with van der Waals surface area (Å²) in [7, 11) is 0. The molecule has 25 heavy (non-hydrogen) atoms. The predicted octanol–water partition coefficient (Wildman–Crippen LogP) is 5.63. The van der Waals surface area contributed by atoms with E-state index in [0.717, 1.165) is 12.8 Å². The van der Waals surface area contributed by atoms with Crippen molar-refractivity contribution in [2.75, 3.05) is 0 Å². The van der Waals surface area contributed by atoms with Crippen LogP contribution >= 0.6 is 15.9 Å². The van der Waals surface area contributed by atoms with Gasteiger partial charge in [0.1, 0.15) is 12.2 Å². The summed E-state index contributed by atoms with van der Waals surface area (Å²) in [6.07, 6.45) is 1.07. The molecular formula is C20H29BrO4. The van der Waals surface area contributed by atoms with Gasteiger partial charge >= 0.3 is 11.9 Å². The van der Waals surface area contributed by atoms with E-state index in [1.54, 1.807) is 18.2 Å². The van der Waals surface area contributed by atoms with E-state index in [9.17, 15) is 9.59 Å². The van der Waals surface area contributed by atoms with Crippen LogP contribution in [0.2, 0.25) is 0 Å². The molecule has 0 fully saturated rings. The van der Waals surface area contributed by atoms with Crippen LogP contribution in [0.1, 0.15) is 75.1 Å². The molecule has 0 aromatic heterocycles. The number of benzene rings is 1. The molecule has 2 atom stereocenters. The molecule has 0 radical (unpaired) electrons. The molecule has 0 aliphatic heterocycles. The maximum Gasteiger partial charge on any atom is 0.340 e. The van der Waals surface area contributed by atoms with Crippen LogP contribution in [0.25, 0.3) is 0 Å². The van der Waals surface area contributed by atoms with Crippen LogP contribution in [0.5, 0.6) is 0 Å². The maximum absolute atomic E-state index is 12.7. The molecule has 140 valence electrons. The van der Waals surface area contributed by atoms with Gasteiger partial charge in [-0.3, -0.25) is 0 Å². The average molecular weight is 413 g/mol. The zero-order valence-corrected chi connectivity index (χ0v) is 17.6. The van der Waals surface area contributed by atoms with E-state index in [-0.39, 0.29) is 35.2 Å². The van der Waals surface area contributed by atoms with E-state index in [1.165, 1.54) is 0 Å². The molecule has 4 nitrogen and oxygen atoms in total. The molecule has 0 bridgehead atoms. The van der Waals surface area contributed by atoms with E-state index in [2.05, 4.69) is 15.9 Å². The Bertz CT molecular complexity index is 595. The van der Waals surface area contributed by atoms with E-state index >= 15 is 0 Å². The van der Waals surface area contributed by atoms with Crippen LogP contribution in [-0.2, 0) is 9.47 Å². The first kappa shape index (κ1) is 21.7. The van der Waals surface area contributed by atoms with Crippen molar-refractivity contribution in [3.63, 3.8) is 0 Å². The fourth-order valence-corrected chi connectivity index (χ4v) is 3.21. The highest BCUT2D eigenvalue weighted by Gasteiger charge is 2.27. The number of hydrogen-bond donors (Lipinski definition) is 0. The average Bonchev–Trinajstić information content (AvgIpc) is 2.56. The quantitative estimate of drug-likeness (QED) is 0.518. The lowest BCUT2D eigenvalue weighted by molar-refractivity contribution is 0.0127. The minimum absolute atomic E-state index is 0.186. The van der Waals surface area contributed by atoms with Crippen molar-refractivity contribution in [1.82, 2.24) is 0 Å². The molecule has 1 rings (SSSR count). The second-order valence-corrected chi connectivity index (χ2v) is 7.71. The van der Waals surface area contributed by atoms with E-state index in [1.807, 2.05) is 41.5 Å². The number of esters is 2. The Morgan fingerprint density at radius 1 is 0.920 bits per heavy atom. The van der Waals surface area contributed by atoms with Crippen LogP contribution in [0.15, 0.2) is 22.7 Å². The minimum Gasteiger partial charge on any atom is -0.459 e. The van der Waals surface area contributed by atoms with Gasteiger partial charge in [0.05, 0.1) is 11.1 Å². The summed E-state index contributed by atoms with van der Waals surface area (Å²) in [5, 5.41) is 0. The van der Waals surface area contributed by atoms with Gasteiger partial charge in [0.15, 0.2) is 0 Å². The Morgan fingerprint density at radius 2 is 1.40 bits per heavy atom. The molecule has 0 aliphatic rings. The van der Waals surface area contributed by atoms with Crippen LogP contribution < -0.4 is 0 Å². The summed E-state index contributed by atoms with van der Waals surface area (Å²) in [6.45, 7) is 12.0. The van der Waals surface area contributed by atoms with Gasteiger partial charge in [-0.2, -0.15) is 0 Å². The number of carbonyl (C=O) groups is 2. The largest absolute Gasteiger partial charge is 0.459 e. The standard InChI is InChI=1S/C20H29BrO4/c1-7-16(12(3)4)24-19(22)14-10-9-11-15(21)18(14)20(23)25-17(8-2)13(5)6/h9-13,16-17H,7-8H2,1-6H3. The Hall–Kier alpha value is -1.36. The smallest absolute Gasteiger partial charge is 0.340 e. The number of halogens is 1. The van der Waals surface area contributed by atoms with Gasteiger partial charge in [-0.05, 0) is 52.7 Å². The first-order valence-corrected chi connectivity index (χ1v) is 9.72. The summed E-state index contributed by atoms with van der Waals surface area (Å²) >= 11 is 3.37. The predicted molar refractivity (Wildman–Crippen MR) is 103 cm³/mol. The highest BCUT2D eigenvalue weighted by Crippen LogP contribution is 2.25. The topological polar surface area (TPSA) is 52.6 Å². The van der Waals surface area contributed by atoms with Crippen LogP contribution in [0.3, 0.4) is 0 Å². The zero-order valence-electron chi connectivity index (χ0n) is 16.0. The van der Waals surface area contributed by atoms with Gasteiger partial charge in [0, 0.05) is 4.47 Å². The van der Waals surface area contributed by atoms with Gasteiger partial charge < -0.3 is 9.47 Å². The third-order valence-corrected chi connectivity index (χ3v) is 4.91. The van der Waals surface area contributed by atoms with Gasteiger partial charge in [-0.1, -0.05) is 47.6 Å². The molecule has 2 unspecified atom stereocenters. The van der Waals surface area contributed by atoms with E-state index in [4.69, 9.17) is 9.47 Å². The molecule has 0 N–H and O–H groups in total. The summed E-state index contributed by atoms with van der Waals surface area (Å²) in [5.74, 6) is -0.580. The molecule has 0 saturated heterocycles. The molecule has 0 aliphatic carbocycles. The van der Waals surface area contributed by atoms with Crippen molar-refractivity contribution in [2.24, 2.45) is 11.8 Å². The Labute approximate surface area is 159 Å². The van der Waals surface area contributed by atoms with Gasteiger partial charge in [0.2, 0.25) is 0 Å². The second kappa shape index (κ2) is 9.95. The summed E-state index contributed by atoms with van der Waals surface area (Å²) < 4.78 is 11.8. The molecule has 0 amide bonds. The fraction of sp³-hybridized carbons (Fsp3) is 0.600. The Balaban J connectivity index is 3.12. The summed E-state index contributed by atoms with van der Waals surface area (Å²) in [4.78, 5) is 25.3. The van der Waals surface area contributed by atoms with Crippen LogP contribution in [0.4, 0.5) is 0 Å². The molecular weight excluding hydrogens is 384 g/mol. The maximum atomic E-state index is 12.7. The van der Waals surface area contributed by atoms with E-state index < -0.39 is 11.9 Å². The molecule has 0 saturated carbocycles. The third-order valence-electron chi connectivity index (χ3n) is 4.25. The van der Waals surface area contributed by atoms with Crippen LogP contribution in [-0.4, -0.2) is 24.1 Å². The lowest BCUT2D eigenvalue weighted by Gasteiger charge is -2.22. The fourth-order valence-electron chi connectivity index (χ4n) is 2.68. The zero-order chi connectivity index (χ0) is 19.1. The first-order chi connectivity index (χ1) is 11.7. The molecule has 0 spiro atoms. The van der Waals surface area contributed by atoms with Crippen molar-refractivity contribution in [1.29, 1.82) is 0 Å². The number of rotatable bonds is 8. The highest BCUT2D eigenvalue weighted by molar-refractivity contribution is 9.10. The Kier molecular flexibility index (Phi) is 8.63. The van der Waals surface area contributed by atoms with Gasteiger partial charge in [-0.25, -0.2) is 9.59 Å². The molecule has 1 aromatic carbocycles. The van der Waals surface area contributed by atoms with Gasteiger partial charge in [-0.15, -0.1) is 0 Å². The monoisotopic (exact) mass is 412 g/mol. The first-order valence-electron chi connectivity index (χ1n) is 8.93. The lowest BCUT2D eigenvalue weighted by Crippen LogP contribution is -2.26. The second-order valence-electron chi connectivity index (χ2n) is 6.85. The van der Waals surface area contributed by atoms with Crippen molar-refractivity contribution in [2.45, 2.75) is 66.6 Å². The van der Waals surface area contributed by atoms with Crippen molar-refractivity contribution < 1.29 is 19.1 Å². The van der Waals surface area contributed by atoms with Crippen molar-refractivity contribution in [3.05, 3.63) is 33.8 Å². The SMILES string of the molecule is CCC(OC(=O)c1cccc(Br)c1C(=O)OC(CC)C(C)C)C(C)C. The van der Waals surface area contributed by atoms with Crippen LogP contribution in [0, 0.1) is 11.8 Å². The number of hydrogen-bond acceptors (Lipinski definition) is 4. The van der Waals surface area contributed by atoms with E-state index in [0.29, 0.717) is 4.47 Å². The lowest BCUT2D eigenvalue weighted by atomic mass is 10.0. The normalized spacial score (nSPS) is 13.6. The van der Waals surface area contributed by atoms with Gasteiger partial charge in [0.25, 0.3) is 0 Å². The minimum atomic E-state index is -0.502. The third kappa shape index (κ3) is 5.84. The van der Waals surface area contributed by atoms with Crippen molar-refractivity contribution >= 4 is 27.9 Å². The molecule has 0 heterocycles. The highest BCUT2D eigenvalue weighted by atomic mass is 79.9. The van der Waals surface area contributed by atoms with Crippen molar-refractivity contribution in [3.8, 4) is 0 Å². The summed E-state index contributed by atoms with van der Waals surface area (Å²) in [6, 6.07) is 5.05. The number of carbonyl (C=O) groups excluding carboxylic acids is 2. The number of ether oxygens (including phenoxy) is 2. The molecule has 5 heteroatoms.